The third-order valence-electron chi connectivity index (χ3n) is 5.21. The summed E-state index contributed by atoms with van der Waals surface area (Å²) in [7, 11) is 1.44. The Hall–Kier alpha value is -3.46. The molecule has 3 rings (SSSR count). The average molecular weight is 442 g/mol. The lowest BCUT2D eigenvalue weighted by Gasteiger charge is -2.31. The fraction of sp³-hybridized carbons (Fsp3) is 0.348. The molecule has 32 heavy (non-hydrogen) atoms. The molecule has 9 heteroatoms. The number of carbonyl (C=O) groups is 3. The lowest BCUT2D eigenvalue weighted by Crippen LogP contribution is -2.44. The Balaban J connectivity index is 1.44. The number of nitrogens with zero attached hydrogens (tertiary/aromatic N) is 1. The van der Waals surface area contributed by atoms with Gasteiger partial charge in [0.2, 0.25) is 11.8 Å². The van der Waals surface area contributed by atoms with Crippen LogP contribution in [0.1, 0.15) is 18.4 Å². The van der Waals surface area contributed by atoms with Crippen molar-refractivity contribution in [2.24, 2.45) is 5.92 Å². The number of benzene rings is 2. The maximum atomic E-state index is 13.0. The van der Waals surface area contributed by atoms with Gasteiger partial charge in [-0.2, -0.15) is 0 Å². The maximum Gasteiger partial charge on any atom is 0.321 e. The molecule has 0 atom stereocenters. The zero-order valence-corrected chi connectivity index (χ0v) is 17.9. The molecule has 0 aromatic heterocycles. The van der Waals surface area contributed by atoms with E-state index < -0.39 is 0 Å². The van der Waals surface area contributed by atoms with E-state index in [0.717, 1.165) is 5.56 Å². The largest absolute Gasteiger partial charge is 0.375 e. The number of hydrogen-bond donors (Lipinski definition) is 3. The predicted octanol–water partition coefficient (Wildman–Crippen LogP) is 2.97. The highest BCUT2D eigenvalue weighted by molar-refractivity contribution is 5.94. The van der Waals surface area contributed by atoms with Gasteiger partial charge >= 0.3 is 6.03 Å². The number of carbonyl (C=O) groups excluding carboxylic acids is 3. The Morgan fingerprint density at radius 3 is 2.34 bits per heavy atom. The first-order valence-electron chi connectivity index (χ1n) is 10.4. The number of ether oxygens (including phenoxy) is 1. The molecular weight excluding hydrogens is 415 g/mol. The standard InChI is InChI=1S/C23H27FN4O4/c1-32-15-21(29)26-19-3-2-4-20(13-19)27-23(31)28-11-9-17(10-12-28)22(30)25-14-16-5-7-18(24)8-6-16/h2-8,13,17H,9-12,14-15H2,1H3,(H,25,30)(H,26,29)(H,27,31). The fourth-order valence-corrected chi connectivity index (χ4v) is 3.49. The second-order valence-electron chi connectivity index (χ2n) is 7.60. The van der Waals surface area contributed by atoms with E-state index >= 15 is 0 Å². The van der Waals surface area contributed by atoms with Gasteiger partial charge in [0.1, 0.15) is 12.4 Å². The normalized spacial score (nSPS) is 14.0. The summed E-state index contributed by atoms with van der Waals surface area (Å²) in [5, 5.41) is 8.39. The van der Waals surface area contributed by atoms with Crippen LogP contribution >= 0.6 is 0 Å². The summed E-state index contributed by atoms with van der Waals surface area (Å²) >= 11 is 0. The van der Waals surface area contributed by atoms with Crippen LogP contribution in [0.2, 0.25) is 0 Å². The van der Waals surface area contributed by atoms with E-state index in [1.165, 1.54) is 19.2 Å². The van der Waals surface area contributed by atoms with Crippen molar-refractivity contribution in [3.8, 4) is 0 Å². The molecule has 1 aliphatic heterocycles. The predicted molar refractivity (Wildman–Crippen MR) is 119 cm³/mol. The van der Waals surface area contributed by atoms with Gasteiger partial charge in [0.05, 0.1) is 0 Å². The highest BCUT2D eigenvalue weighted by Gasteiger charge is 2.27. The van der Waals surface area contributed by atoms with Crippen LogP contribution in [0.5, 0.6) is 0 Å². The van der Waals surface area contributed by atoms with Crippen LogP contribution in [-0.4, -0.2) is 49.6 Å². The zero-order chi connectivity index (χ0) is 22.9. The lowest BCUT2D eigenvalue weighted by atomic mass is 9.96. The van der Waals surface area contributed by atoms with Gasteiger partial charge in [0.25, 0.3) is 0 Å². The maximum absolute atomic E-state index is 13.0. The van der Waals surface area contributed by atoms with Crippen molar-refractivity contribution < 1.29 is 23.5 Å². The van der Waals surface area contributed by atoms with E-state index in [1.807, 2.05) is 0 Å². The second-order valence-corrected chi connectivity index (χ2v) is 7.60. The molecule has 0 bridgehead atoms. The molecule has 1 saturated heterocycles. The molecular formula is C23H27FN4O4. The summed E-state index contributed by atoms with van der Waals surface area (Å²) in [5.74, 6) is -0.822. The zero-order valence-electron chi connectivity index (χ0n) is 17.9. The van der Waals surface area contributed by atoms with Gasteiger partial charge in [-0.05, 0) is 48.7 Å². The quantitative estimate of drug-likeness (QED) is 0.614. The molecule has 4 amide bonds. The number of amides is 4. The summed E-state index contributed by atoms with van der Waals surface area (Å²) in [4.78, 5) is 38.3. The first-order chi connectivity index (χ1) is 15.4. The van der Waals surface area contributed by atoms with E-state index in [0.29, 0.717) is 43.9 Å². The van der Waals surface area contributed by atoms with Crippen molar-refractivity contribution in [2.75, 3.05) is 37.4 Å². The van der Waals surface area contributed by atoms with E-state index in [4.69, 9.17) is 4.74 Å². The number of piperidine rings is 1. The number of likely N-dealkylation sites (tertiary alicyclic amines) is 1. The van der Waals surface area contributed by atoms with Gasteiger partial charge in [-0.3, -0.25) is 9.59 Å². The minimum atomic E-state index is -0.312. The van der Waals surface area contributed by atoms with Crippen LogP contribution in [0.4, 0.5) is 20.6 Å². The summed E-state index contributed by atoms with van der Waals surface area (Å²) in [5.41, 5.74) is 1.95. The summed E-state index contributed by atoms with van der Waals surface area (Å²) in [6.45, 7) is 1.22. The van der Waals surface area contributed by atoms with Gasteiger partial charge in [0.15, 0.2) is 0 Å². The summed E-state index contributed by atoms with van der Waals surface area (Å²) < 4.78 is 17.8. The average Bonchev–Trinajstić information content (AvgIpc) is 2.79. The Kier molecular flexibility index (Phi) is 8.15. The van der Waals surface area contributed by atoms with Crippen LogP contribution < -0.4 is 16.0 Å². The van der Waals surface area contributed by atoms with Crippen LogP contribution in [0.25, 0.3) is 0 Å². The number of urea groups is 1. The van der Waals surface area contributed by atoms with Gasteiger partial charge in [-0.25, -0.2) is 9.18 Å². The van der Waals surface area contributed by atoms with Crippen LogP contribution in [0, 0.1) is 11.7 Å². The Bertz CT molecular complexity index is 943. The molecule has 1 fully saturated rings. The van der Waals surface area contributed by atoms with E-state index in [-0.39, 0.29) is 36.2 Å². The molecule has 1 heterocycles. The highest BCUT2D eigenvalue weighted by Crippen LogP contribution is 2.20. The number of anilines is 2. The van der Waals surface area contributed by atoms with Gasteiger partial charge in [0, 0.05) is 44.0 Å². The Morgan fingerprint density at radius 1 is 1.03 bits per heavy atom. The third kappa shape index (κ3) is 6.78. The van der Waals surface area contributed by atoms with E-state index in [2.05, 4.69) is 16.0 Å². The summed E-state index contributed by atoms with van der Waals surface area (Å²) in [6.07, 6.45) is 1.13. The monoisotopic (exact) mass is 442 g/mol. The molecule has 0 unspecified atom stereocenters. The molecule has 3 N–H and O–H groups in total. The van der Waals surface area contributed by atoms with Crippen molar-refractivity contribution in [1.29, 1.82) is 0 Å². The minimum Gasteiger partial charge on any atom is -0.375 e. The van der Waals surface area contributed by atoms with Gasteiger partial charge in [-0.1, -0.05) is 18.2 Å². The molecule has 1 aliphatic rings. The summed E-state index contributed by atoms with van der Waals surface area (Å²) in [6, 6.07) is 12.6. The SMILES string of the molecule is COCC(=O)Nc1cccc(NC(=O)N2CCC(C(=O)NCc3ccc(F)cc3)CC2)c1. The molecule has 0 spiro atoms. The Labute approximate surface area is 186 Å². The number of rotatable bonds is 7. The van der Waals surface area contributed by atoms with Gasteiger partial charge in [-0.15, -0.1) is 0 Å². The smallest absolute Gasteiger partial charge is 0.321 e. The molecule has 2 aromatic rings. The van der Waals surface area contributed by atoms with Gasteiger partial charge < -0.3 is 25.6 Å². The van der Waals surface area contributed by atoms with Crippen molar-refractivity contribution in [3.05, 3.63) is 59.9 Å². The number of methoxy groups -OCH3 is 1. The third-order valence-corrected chi connectivity index (χ3v) is 5.21. The molecule has 0 radical (unpaired) electrons. The van der Waals surface area contributed by atoms with Crippen molar-refractivity contribution in [2.45, 2.75) is 19.4 Å². The second kappa shape index (κ2) is 11.2. The molecule has 2 aromatic carbocycles. The van der Waals surface area contributed by atoms with E-state index in [9.17, 15) is 18.8 Å². The molecule has 8 nitrogen and oxygen atoms in total. The van der Waals surface area contributed by atoms with Crippen LogP contribution in [0.15, 0.2) is 48.5 Å². The van der Waals surface area contributed by atoms with Crippen molar-refractivity contribution in [1.82, 2.24) is 10.2 Å². The lowest BCUT2D eigenvalue weighted by molar-refractivity contribution is -0.126. The van der Waals surface area contributed by atoms with Crippen LogP contribution in [0.3, 0.4) is 0 Å². The minimum absolute atomic E-state index is 0.0526. The van der Waals surface area contributed by atoms with Crippen molar-refractivity contribution >= 4 is 29.2 Å². The molecule has 0 saturated carbocycles. The molecule has 170 valence electrons. The molecule has 0 aliphatic carbocycles. The topological polar surface area (TPSA) is 99.8 Å². The fourth-order valence-electron chi connectivity index (χ4n) is 3.49. The number of hydrogen-bond acceptors (Lipinski definition) is 4. The van der Waals surface area contributed by atoms with Crippen LogP contribution in [-0.2, 0) is 20.9 Å². The number of nitrogens with one attached hydrogen (secondary N) is 3. The number of halogens is 1. The highest BCUT2D eigenvalue weighted by atomic mass is 19.1. The van der Waals surface area contributed by atoms with Crippen molar-refractivity contribution in [3.63, 3.8) is 0 Å². The first kappa shape index (κ1) is 23.2. The first-order valence-corrected chi connectivity index (χ1v) is 10.4. The Morgan fingerprint density at radius 2 is 1.69 bits per heavy atom. The van der Waals surface area contributed by atoms with E-state index in [1.54, 1.807) is 41.3 Å².